The van der Waals surface area contributed by atoms with E-state index in [2.05, 4.69) is 21.2 Å². The first-order chi connectivity index (χ1) is 7.35. The molecule has 1 amide bonds. The van der Waals surface area contributed by atoms with Gasteiger partial charge in [0.25, 0.3) is 0 Å². The lowest BCUT2D eigenvalue weighted by atomic mass is 9.92. The predicted octanol–water partition coefficient (Wildman–Crippen LogP) is 2.50. The number of carboxylic acids is 1. The average molecular weight is 286 g/mol. The third-order valence-corrected chi connectivity index (χ3v) is 2.92. The van der Waals surface area contributed by atoms with Gasteiger partial charge in [-0.3, -0.25) is 9.59 Å². The van der Waals surface area contributed by atoms with Gasteiger partial charge in [-0.2, -0.15) is 0 Å². The average Bonchev–Trinajstić information content (AvgIpc) is 2.21. The van der Waals surface area contributed by atoms with E-state index in [0.717, 1.165) is 0 Å². The number of carboxylic acid groups (broad SMARTS) is 1. The quantitative estimate of drug-likeness (QED) is 0.839. The van der Waals surface area contributed by atoms with E-state index in [-0.39, 0.29) is 0 Å². The van der Waals surface area contributed by atoms with Crippen molar-refractivity contribution >= 4 is 33.5 Å². The molecule has 2 N–H and O–H groups in total. The second-order valence-corrected chi connectivity index (χ2v) is 4.72. The first-order valence-electron chi connectivity index (χ1n) is 4.65. The van der Waals surface area contributed by atoms with Gasteiger partial charge in [0.15, 0.2) is 0 Å². The molecule has 86 valence electrons. The number of anilines is 1. The second kappa shape index (κ2) is 4.65. The van der Waals surface area contributed by atoms with Crippen LogP contribution in [0.1, 0.15) is 13.8 Å². The van der Waals surface area contributed by atoms with Gasteiger partial charge in [0, 0.05) is 4.47 Å². The van der Waals surface area contributed by atoms with E-state index >= 15 is 0 Å². The van der Waals surface area contributed by atoms with Crippen molar-refractivity contribution in [2.75, 3.05) is 5.32 Å². The van der Waals surface area contributed by atoms with Crippen LogP contribution in [0.4, 0.5) is 5.69 Å². The topological polar surface area (TPSA) is 66.4 Å². The molecule has 0 unspecified atom stereocenters. The van der Waals surface area contributed by atoms with Gasteiger partial charge in [-0.15, -0.1) is 0 Å². The highest BCUT2D eigenvalue weighted by Gasteiger charge is 2.36. The zero-order valence-corrected chi connectivity index (χ0v) is 10.5. The summed E-state index contributed by atoms with van der Waals surface area (Å²) in [5.41, 5.74) is -0.892. The Labute approximate surface area is 102 Å². The Kier molecular flexibility index (Phi) is 3.70. The van der Waals surface area contributed by atoms with Gasteiger partial charge in [0.2, 0.25) is 5.91 Å². The molecule has 0 fully saturated rings. The number of rotatable bonds is 3. The Morgan fingerprint density at radius 1 is 1.31 bits per heavy atom. The van der Waals surface area contributed by atoms with E-state index < -0.39 is 17.3 Å². The highest BCUT2D eigenvalue weighted by atomic mass is 79.9. The molecule has 0 atom stereocenters. The first-order valence-corrected chi connectivity index (χ1v) is 5.44. The molecule has 4 nitrogen and oxygen atoms in total. The largest absolute Gasteiger partial charge is 0.480 e. The maximum absolute atomic E-state index is 11.7. The fourth-order valence-corrected chi connectivity index (χ4v) is 1.32. The maximum Gasteiger partial charge on any atom is 0.318 e. The first kappa shape index (κ1) is 12.7. The molecule has 0 bridgehead atoms. The van der Waals surface area contributed by atoms with Crippen LogP contribution in [0, 0.1) is 5.41 Å². The molecule has 1 rings (SSSR count). The number of carbonyl (C=O) groups excluding carboxylic acids is 1. The number of hydrogen-bond donors (Lipinski definition) is 2. The van der Waals surface area contributed by atoms with Crippen LogP contribution >= 0.6 is 15.9 Å². The SMILES string of the molecule is CC(C)(C(=O)O)C(=O)Nc1ccccc1Br. The van der Waals surface area contributed by atoms with E-state index in [1.165, 1.54) is 13.8 Å². The monoisotopic (exact) mass is 285 g/mol. The number of carbonyl (C=O) groups is 2. The fraction of sp³-hybridized carbons (Fsp3) is 0.273. The Morgan fingerprint density at radius 2 is 1.88 bits per heavy atom. The molecule has 16 heavy (non-hydrogen) atoms. The minimum Gasteiger partial charge on any atom is -0.480 e. The smallest absolute Gasteiger partial charge is 0.318 e. The van der Waals surface area contributed by atoms with Gasteiger partial charge in [0.1, 0.15) is 5.41 Å². The highest BCUT2D eigenvalue weighted by Crippen LogP contribution is 2.24. The van der Waals surface area contributed by atoms with Gasteiger partial charge >= 0.3 is 5.97 Å². The Hall–Kier alpha value is -1.36. The number of aliphatic carboxylic acids is 1. The number of para-hydroxylation sites is 1. The maximum atomic E-state index is 11.7. The van der Waals surface area contributed by atoms with E-state index in [1.54, 1.807) is 18.2 Å². The van der Waals surface area contributed by atoms with E-state index in [9.17, 15) is 9.59 Å². The number of hydrogen-bond acceptors (Lipinski definition) is 2. The molecule has 0 aliphatic rings. The summed E-state index contributed by atoms with van der Waals surface area (Å²) < 4.78 is 0.713. The molecule has 0 aromatic heterocycles. The normalized spacial score (nSPS) is 10.9. The summed E-state index contributed by atoms with van der Waals surface area (Å²) in [5.74, 6) is -1.70. The minimum atomic E-state index is -1.45. The van der Waals surface area contributed by atoms with Crippen molar-refractivity contribution in [3.8, 4) is 0 Å². The van der Waals surface area contributed by atoms with Gasteiger partial charge in [0.05, 0.1) is 5.69 Å². The van der Waals surface area contributed by atoms with E-state index in [0.29, 0.717) is 10.2 Å². The molecular formula is C11H12BrNO3. The highest BCUT2D eigenvalue weighted by molar-refractivity contribution is 9.10. The van der Waals surface area contributed by atoms with Crippen LogP contribution in [-0.2, 0) is 9.59 Å². The number of halogens is 1. The molecule has 1 aromatic carbocycles. The third-order valence-electron chi connectivity index (χ3n) is 2.22. The molecule has 0 saturated heterocycles. The summed E-state index contributed by atoms with van der Waals surface area (Å²) in [5, 5.41) is 11.5. The lowest BCUT2D eigenvalue weighted by molar-refractivity contribution is -0.151. The third kappa shape index (κ3) is 2.61. The molecule has 0 saturated carbocycles. The lowest BCUT2D eigenvalue weighted by Crippen LogP contribution is -2.37. The van der Waals surface area contributed by atoms with Crippen LogP contribution in [0.2, 0.25) is 0 Å². The molecule has 5 heteroatoms. The Bertz CT molecular complexity index is 429. The van der Waals surface area contributed by atoms with E-state index in [4.69, 9.17) is 5.11 Å². The molecule has 0 aliphatic heterocycles. The minimum absolute atomic E-state index is 0.549. The summed E-state index contributed by atoms with van der Waals surface area (Å²) in [7, 11) is 0. The summed E-state index contributed by atoms with van der Waals surface area (Å²) in [4.78, 5) is 22.6. The second-order valence-electron chi connectivity index (χ2n) is 3.86. The van der Waals surface area contributed by atoms with Gasteiger partial charge in [-0.1, -0.05) is 12.1 Å². The van der Waals surface area contributed by atoms with Crippen molar-refractivity contribution < 1.29 is 14.7 Å². The van der Waals surface area contributed by atoms with Gasteiger partial charge < -0.3 is 10.4 Å². The molecule has 0 heterocycles. The van der Waals surface area contributed by atoms with Crippen LogP contribution in [0.5, 0.6) is 0 Å². The van der Waals surface area contributed by atoms with Crippen LogP contribution in [0.15, 0.2) is 28.7 Å². The summed E-state index contributed by atoms with van der Waals surface area (Å²) in [6, 6.07) is 7.03. The number of nitrogens with one attached hydrogen (secondary N) is 1. The zero-order chi connectivity index (χ0) is 12.3. The standard InChI is InChI=1S/C11H12BrNO3/c1-11(2,10(15)16)9(14)13-8-6-4-3-5-7(8)12/h3-6H,1-2H3,(H,13,14)(H,15,16). The van der Waals surface area contributed by atoms with Crippen molar-refractivity contribution in [1.29, 1.82) is 0 Å². The summed E-state index contributed by atoms with van der Waals surface area (Å²) in [6.07, 6.45) is 0. The van der Waals surface area contributed by atoms with Crippen molar-refractivity contribution in [2.24, 2.45) is 5.41 Å². The van der Waals surface area contributed by atoms with Gasteiger partial charge in [-0.25, -0.2) is 0 Å². The molecule has 0 spiro atoms. The van der Waals surface area contributed by atoms with Gasteiger partial charge in [-0.05, 0) is 41.9 Å². The van der Waals surface area contributed by atoms with Crippen molar-refractivity contribution in [1.82, 2.24) is 0 Å². The Balaban J connectivity index is 2.88. The zero-order valence-electron chi connectivity index (χ0n) is 8.95. The molecular weight excluding hydrogens is 274 g/mol. The number of benzene rings is 1. The van der Waals surface area contributed by atoms with Crippen molar-refractivity contribution in [3.63, 3.8) is 0 Å². The van der Waals surface area contributed by atoms with Crippen molar-refractivity contribution in [3.05, 3.63) is 28.7 Å². The molecule has 1 aromatic rings. The van der Waals surface area contributed by atoms with Crippen molar-refractivity contribution in [2.45, 2.75) is 13.8 Å². The van der Waals surface area contributed by atoms with Crippen LogP contribution in [0.25, 0.3) is 0 Å². The molecule has 0 aliphatic carbocycles. The molecule has 0 radical (unpaired) electrons. The van der Waals surface area contributed by atoms with E-state index in [1.807, 2.05) is 6.07 Å². The van der Waals surface area contributed by atoms with Crippen LogP contribution in [-0.4, -0.2) is 17.0 Å². The van der Waals surface area contributed by atoms with Crippen LogP contribution in [0.3, 0.4) is 0 Å². The number of amides is 1. The summed E-state index contributed by atoms with van der Waals surface area (Å²) >= 11 is 3.27. The lowest BCUT2D eigenvalue weighted by Gasteiger charge is -2.18. The predicted molar refractivity (Wildman–Crippen MR) is 64.2 cm³/mol. The van der Waals surface area contributed by atoms with Crippen LogP contribution < -0.4 is 5.32 Å². The summed E-state index contributed by atoms with van der Waals surface area (Å²) in [6.45, 7) is 2.73. The Morgan fingerprint density at radius 3 is 2.38 bits per heavy atom. The fourth-order valence-electron chi connectivity index (χ4n) is 0.938.